The maximum Gasteiger partial charge on any atom is 0.0839 e. The fourth-order valence-corrected chi connectivity index (χ4v) is 2.56. The third-order valence-corrected chi connectivity index (χ3v) is 3.79. The molecule has 0 saturated carbocycles. The topological polar surface area (TPSA) is 17.8 Å². The standard InChI is InChI=1S/C17H12Cl2N2/c1-2-12-11-20-21(16-6-4-3-5-15(16)19)17(12)13-7-9-14(18)10-8-13/h2-11H,1H2. The van der Waals surface area contributed by atoms with Crippen molar-refractivity contribution >= 4 is 29.3 Å². The van der Waals surface area contributed by atoms with Gasteiger partial charge in [-0.25, -0.2) is 4.68 Å². The van der Waals surface area contributed by atoms with Crippen LogP contribution in [0.4, 0.5) is 0 Å². The number of hydrogen-bond acceptors (Lipinski definition) is 1. The molecule has 4 heteroatoms. The van der Waals surface area contributed by atoms with E-state index in [4.69, 9.17) is 23.2 Å². The summed E-state index contributed by atoms with van der Waals surface area (Å²) in [7, 11) is 0. The van der Waals surface area contributed by atoms with Gasteiger partial charge in [0.15, 0.2) is 0 Å². The second-order valence-electron chi connectivity index (χ2n) is 4.52. The molecule has 3 aromatic rings. The first-order chi connectivity index (χ1) is 10.2. The largest absolute Gasteiger partial charge is 0.231 e. The normalized spacial score (nSPS) is 10.6. The molecule has 0 aliphatic heterocycles. The van der Waals surface area contributed by atoms with E-state index in [9.17, 15) is 0 Å². The first kappa shape index (κ1) is 13.9. The van der Waals surface area contributed by atoms with E-state index in [0.717, 1.165) is 22.5 Å². The summed E-state index contributed by atoms with van der Waals surface area (Å²) in [5.41, 5.74) is 3.72. The molecule has 104 valence electrons. The van der Waals surface area contributed by atoms with Crippen LogP contribution in [-0.4, -0.2) is 9.78 Å². The molecular formula is C17H12Cl2N2. The number of aromatic nitrogens is 2. The zero-order valence-corrected chi connectivity index (χ0v) is 12.6. The molecule has 1 aromatic heterocycles. The molecule has 21 heavy (non-hydrogen) atoms. The summed E-state index contributed by atoms with van der Waals surface area (Å²) >= 11 is 12.3. The van der Waals surface area contributed by atoms with Crippen LogP contribution in [0.5, 0.6) is 0 Å². The Morgan fingerprint density at radius 2 is 1.71 bits per heavy atom. The first-order valence-electron chi connectivity index (χ1n) is 6.42. The highest BCUT2D eigenvalue weighted by Gasteiger charge is 2.14. The Morgan fingerprint density at radius 3 is 2.38 bits per heavy atom. The average Bonchev–Trinajstić information content (AvgIpc) is 2.92. The molecule has 3 rings (SSSR count). The second kappa shape index (κ2) is 5.76. The van der Waals surface area contributed by atoms with E-state index in [1.54, 1.807) is 12.3 Å². The highest BCUT2D eigenvalue weighted by molar-refractivity contribution is 6.32. The zero-order valence-electron chi connectivity index (χ0n) is 11.1. The molecule has 1 heterocycles. The summed E-state index contributed by atoms with van der Waals surface area (Å²) in [6.45, 7) is 3.85. The van der Waals surface area contributed by atoms with Gasteiger partial charge in [-0.2, -0.15) is 5.10 Å². The number of para-hydroxylation sites is 1. The molecule has 0 atom stereocenters. The van der Waals surface area contributed by atoms with Crippen LogP contribution in [0.2, 0.25) is 10.0 Å². The molecule has 0 amide bonds. The molecular weight excluding hydrogens is 303 g/mol. The Kier molecular flexibility index (Phi) is 3.82. The SMILES string of the molecule is C=Cc1cnn(-c2ccccc2Cl)c1-c1ccc(Cl)cc1. The van der Waals surface area contributed by atoms with E-state index in [-0.39, 0.29) is 0 Å². The van der Waals surface area contributed by atoms with Crippen LogP contribution in [-0.2, 0) is 0 Å². The summed E-state index contributed by atoms with van der Waals surface area (Å²) < 4.78 is 1.82. The number of halogens is 2. The van der Waals surface area contributed by atoms with Gasteiger partial charge in [-0.05, 0) is 24.3 Å². The van der Waals surface area contributed by atoms with Gasteiger partial charge >= 0.3 is 0 Å². The van der Waals surface area contributed by atoms with Crippen LogP contribution in [0.1, 0.15) is 5.56 Å². The second-order valence-corrected chi connectivity index (χ2v) is 5.37. The van der Waals surface area contributed by atoms with E-state index in [1.165, 1.54) is 0 Å². The summed E-state index contributed by atoms with van der Waals surface area (Å²) in [6, 6.07) is 15.2. The number of hydrogen-bond donors (Lipinski definition) is 0. The molecule has 2 nitrogen and oxygen atoms in total. The number of nitrogens with zero attached hydrogens (tertiary/aromatic N) is 2. The Morgan fingerprint density at radius 1 is 1.00 bits per heavy atom. The number of rotatable bonds is 3. The van der Waals surface area contributed by atoms with E-state index in [1.807, 2.05) is 53.2 Å². The van der Waals surface area contributed by atoms with Crippen molar-refractivity contribution in [3.63, 3.8) is 0 Å². The van der Waals surface area contributed by atoms with Crippen molar-refractivity contribution in [2.75, 3.05) is 0 Å². The predicted molar refractivity (Wildman–Crippen MR) is 89.1 cm³/mol. The highest BCUT2D eigenvalue weighted by Crippen LogP contribution is 2.30. The van der Waals surface area contributed by atoms with Crippen molar-refractivity contribution in [3.05, 3.63) is 76.9 Å². The Bertz CT molecular complexity index is 789. The highest BCUT2D eigenvalue weighted by atomic mass is 35.5. The lowest BCUT2D eigenvalue weighted by Crippen LogP contribution is -2.00. The van der Waals surface area contributed by atoms with Crippen LogP contribution in [0.25, 0.3) is 23.0 Å². The van der Waals surface area contributed by atoms with Crippen LogP contribution >= 0.6 is 23.2 Å². The summed E-state index contributed by atoms with van der Waals surface area (Å²) in [4.78, 5) is 0. The van der Waals surface area contributed by atoms with Gasteiger partial charge < -0.3 is 0 Å². The van der Waals surface area contributed by atoms with Crippen molar-refractivity contribution in [2.24, 2.45) is 0 Å². The van der Waals surface area contributed by atoms with E-state index >= 15 is 0 Å². The van der Waals surface area contributed by atoms with E-state index < -0.39 is 0 Å². The Balaban J connectivity index is 2.24. The van der Waals surface area contributed by atoms with Crippen molar-refractivity contribution in [3.8, 4) is 16.9 Å². The summed E-state index contributed by atoms with van der Waals surface area (Å²) in [5, 5.41) is 5.79. The fourth-order valence-electron chi connectivity index (χ4n) is 2.21. The van der Waals surface area contributed by atoms with Gasteiger partial charge in [-0.3, -0.25) is 0 Å². The lowest BCUT2D eigenvalue weighted by Gasteiger charge is -2.10. The Labute approximate surface area is 133 Å². The molecule has 0 N–H and O–H groups in total. The molecule has 2 aromatic carbocycles. The van der Waals surface area contributed by atoms with Crippen LogP contribution in [0, 0.1) is 0 Å². The van der Waals surface area contributed by atoms with E-state index in [0.29, 0.717) is 10.0 Å². The maximum atomic E-state index is 6.29. The summed E-state index contributed by atoms with van der Waals surface area (Å²) in [6.07, 6.45) is 3.56. The minimum atomic E-state index is 0.645. The average molecular weight is 315 g/mol. The monoisotopic (exact) mass is 314 g/mol. The van der Waals surface area contributed by atoms with Gasteiger partial charge in [-0.15, -0.1) is 0 Å². The lowest BCUT2D eigenvalue weighted by molar-refractivity contribution is 0.888. The summed E-state index contributed by atoms with van der Waals surface area (Å²) in [5.74, 6) is 0. The van der Waals surface area contributed by atoms with Gasteiger partial charge in [0, 0.05) is 16.1 Å². The van der Waals surface area contributed by atoms with Crippen molar-refractivity contribution in [2.45, 2.75) is 0 Å². The third-order valence-electron chi connectivity index (χ3n) is 3.22. The van der Waals surface area contributed by atoms with Gasteiger partial charge in [0.05, 0.1) is 22.6 Å². The van der Waals surface area contributed by atoms with Crippen LogP contribution in [0.15, 0.2) is 61.3 Å². The zero-order chi connectivity index (χ0) is 14.8. The maximum absolute atomic E-state index is 6.29. The molecule has 0 aliphatic rings. The molecule has 0 saturated heterocycles. The molecule has 0 spiro atoms. The molecule has 0 aliphatic carbocycles. The predicted octanol–water partition coefficient (Wildman–Crippen LogP) is 5.49. The van der Waals surface area contributed by atoms with E-state index in [2.05, 4.69) is 11.7 Å². The van der Waals surface area contributed by atoms with Crippen molar-refractivity contribution in [1.82, 2.24) is 9.78 Å². The van der Waals surface area contributed by atoms with Gasteiger partial charge in [0.1, 0.15) is 0 Å². The fraction of sp³-hybridized carbons (Fsp3) is 0. The molecule has 0 unspecified atom stereocenters. The van der Waals surface area contributed by atoms with Gasteiger partial charge in [0.25, 0.3) is 0 Å². The van der Waals surface area contributed by atoms with Crippen LogP contribution in [0.3, 0.4) is 0 Å². The molecule has 0 bridgehead atoms. The minimum absolute atomic E-state index is 0.645. The molecule has 0 fully saturated rings. The van der Waals surface area contributed by atoms with Gasteiger partial charge in [-0.1, -0.05) is 60.1 Å². The smallest absolute Gasteiger partial charge is 0.0839 e. The van der Waals surface area contributed by atoms with Crippen molar-refractivity contribution < 1.29 is 0 Å². The quantitative estimate of drug-likeness (QED) is 0.625. The van der Waals surface area contributed by atoms with Gasteiger partial charge in [0.2, 0.25) is 0 Å². The molecule has 0 radical (unpaired) electrons. The third kappa shape index (κ3) is 2.60. The Hall–Kier alpha value is -2.03. The first-order valence-corrected chi connectivity index (χ1v) is 7.17. The lowest BCUT2D eigenvalue weighted by atomic mass is 10.1. The number of benzene rings is 2. The minimum Gasteiger partial charge on any atom is -0.231 e. The van der Waals surface area contributed by atoms with Crippen molar-refractivity contribution in [1.29, 1.82) is 0 Å². The van der Waals surface area contributed by atoms with Crippen LogP contribution < -0.4 is 0 Å².